The zero-order valence-electron chi connectivity index (χ0n) is 16.9. The number of nitrogens with zero attached hydrogens (tertiary/aromatic N) is 1. The topological polar surface area (TPSA) is 103 Å². The number of carbonyl (C=O) groups excluding carboxylic acids is 2. The zero-order chi connectivity index (χ0) is 19.5. The van der Waals surface area contributed by atoms with E-state index in [1.807, 2.05) is 34.6 Å². The smallest absolute Gasteiger partial charge is 0.402 e. The van der Waals surface area contributed by atoms with E-state index in [0.717, 1.165) is 0 Å². The molecular weight excluding hydrogens is 372 g/mol. The fraction of sp³-hybridized carbons (Fsp3) is 0.882. The summed E-state index contributed by atoms with van der Waals surface area (Å²) in [6.07, 6.45) is 0.609. The van der Waals surface area contributed by atoms with Crippen LogP contribution < -0.4 is 11.1 Å². The second kappa shape index (κ2) is 9.56. The quantitative estimate of drug-likeness (QED) is 0.624. The van der Waals surface area contributed by atoms with Crippen molar-refractivity contribution in [2.45, 2.75) is 70.6 Å². The Labute approximate surface area is 168 Å². The molecule has 27 heavy (non-hydrogen) atoms. The van der Waals surface area contributed by atoms with Gasteiger partial charge >= 0.3 is 7.12 Å². The van der Waals surface area contributed by atoms with Crippen LogP contribution >= 0.6 is 12.4 Å². The molecule has 0 aromatic heterocycles. The van der Waals surface area contributed by atoms with E-state index in [1.165, 1.54) is 0 Å². The Morgan fingerprint density at radius 3 is 2.15 bits per heavy atom. The van der Waals surface area contributed by atoms with Crippen LogP contribution in [0.2, 0.25) is 0 Å². The maximum Gasteiger partial charge on any atom is 0.481 e. The molecule has 2 rings (SSSR count). The molecule has 2 heterocycles. The fourth-order valence-electron chi connectivity index (χ4n) is 2.93. The van der Waals surface area contributed by atoms with E-state index >= 15 is 0 Å². The van der Waals surface area contributed by atoms with Gasteiger partial charge in [-0.1, -0.05) is 6.92 Å². The number of halogens is 1. The van der Waals surface area contributed by atoms with Gasteiger partial charge in [-0.05, 0) is 34.1 Å². The summed E-state index contributed by atoms with van der Waals surface area (Å²) in [5, 5.41) is 2.88. The van der Waals surface area contributed by atoms with Crippen LogP contribution in [0.1, 0.15) is 47.5 Å². The summed E-state index contributed by atoms with van der Waals surface area (Å²) in [5.74, 6) is -0.819. The number of hydrogen-bond donors (Lipinski definition) is 2. The van der Waals surface area contributed by atoms with Crippen LogP contribution in [0.5, 0.6) is 0 Å². The lowest BCUT2D eigenvalue weighted by molar-refractivity contribution is -0.137. The second-order valence-corrected chi connectivity index (χ2v) is 7.95. The maximum atomic E-state index is 12.5. The first-order valence-electron chi connectivity index (χ1n) is 9.34. The Balaban J connectivity index is 0.00000364. The van der Waals surface area contributed by atoms with Crippen LogP contribution in [0.25, 0.3) is 0 Å². The number of ether oxygens (including phenoxy) is 1. The summed E-state index contributed by atoms with van der Waals surface area (Å²) in [5.41, 5.74) is 5.02. The van der Waals surface area contributed by atoms with Gasteiger partial charge < -0.3 is 30.0 Å². The van der Waals surface area contributed by atoms with Gasteiger partial charge in [0.05, 0.1) is 42.8 Å². The molecule has 0 aromatic rings. The molecule has 0 saturated carbocycles. The molecule has 0 aromatic carbocycles. The van der Waals surface area contributed by atoms with Gasteiger partial charge in [-0.3, -0.25) is 9.59 Å². The second-order valence-electron chi connectivity index (χ2n) is 7.95. The lowest BCUT2D eigenvalue weighted by Crippen LogP contribution is -2.53. The van der Waals surface area contributed by atoms with E-state index in [9.17, 15) is 9.59 Å². The molecule has 0 bridgehead atoms. The first-order chi connectivity index (χ1) is 12.1. The van der Waals surface area contributed by atoms with Gasteiger partial charge in [0.15, 0.2) is 0 Å². The third-order valence-corrected chi connectivity index (χ3v) is 5.46. The van der Waals surface area contributed by atoms with E-state index in [-0.39, 0.29) is 36.6 Å². The highest BCUT2D eigenvalue weighted by Crippen LogP contribution is 2.37. The Hall–Kier alpha value is -0.865. The molecule has 2 fully saturated rings. The average molecular weight is 406 g/mol. The Morgan fingerprint density at radius 1 is 1.15 bits per heavy atom. The number of morpholine rings is 1. The average Bonchev–Trinajstić information content (AvgIpc) is 2.80. The predicted octanol–water partition coefficient (Wildman–Crippen LogP) is 0.511. The monoisotopic (exact) mass is 405 g/mol. The third-order valence-electron chi connectivity index (χ3n) is 5.46. The van der Waals surface area contributed by atoms with Gasteiger partial charge in [0.1, 0.15) is 0 Å². The number of amides is 2. The summed E-state index contributed by atoms with van der Waals surface area (Å²) < 4.78 is 17.2. The molecule has 2 aliphatic rings. The number of nitrogens with one attached hydrogen (secondary N) is 1. The van der Waals surface area contributed by atoms with Crippen molar-refractivity contribution in [2.24, 2.45) is 5.73 Å². The molecule has 2 amide bonds. The van der Waals surface area contributed by atoms with Crippen molar-refractivity contribution < 1.29 is 23.6 Å². The minimum Gasteiger partial charge on any atom is -0.402 e. The van der Waals surface area contributed by atoms with Gasteiger partial charge in [0, 0.05) is 13.1 Å². The molecule has 2 saturated heterocycles. The van der Waals surface area contributed by atoms with Crippen molar-refractivity contribution in [3.63, 3.8) is 0 Å². The summed E-state index contributed by atoms with van der Waals surface area (Å²) in [4.78, 5) is 26.4. The van der Waals surface area contributed by atoms with Gasteiger partial charge in [-0.15, -0.1) is 12.4 Å². The highest BCUT2D eigenvalue weighted by atomic mass is 35.5. The van der Waals surface area contributed by atoms with E-state index in [1.54, 1.807) is 4.90 Å². The van der Waals surface area contributed by atoms with Gasteiger partial charge in [0.2, 0.25) is 11.8 Å². The van der Waals surface area contributed by atoms with Crippen LogP contribution in [0.4, 0.5) is 0 Å². The summed E-state index contributed by atoms with van der Waals surface area (Å²) in [6.45, 7) is 11.9. The van der Waals surface area contributed by atoms with Crippen molar-refractivity contribution in [1.29, 1.82) is 0 Å². The normalized spacial score (nSPS) is 23.3. The third kappa shape index (κ3) is 5.81. The van der Waals surface area contributed by atoms with Crippen LogP contribution in [0.3, 0.4) is 0 Å². The molecular formula is C17H33BClN3O5. The first-order valence-corrected chi connectivity index (χ1v) is 9.34. The molecule has 3 N–H and O–H groups in total. The lowest BCUT2D eigenvalue weighted by Gasteiger charge is -2.32. The number of hydrogen-bond acceptors (Lipinski definition) is 6. The molecule has 8 nitrogen and oxygen atoms in total. The summed E-state index contributed by atoms with van der Waals surface area (Å²) >= 11 is 0. The van der Waals surface area contributed by atoms with Crippen molar-refractivity contribution in [3.8, 4) is 0 Å². The maximum absolute atomic E-state index is 12.5. The fourth-order valence-corrected chi connectivity index (χ4v) is 2.93. The van der Waals surface area contributed by atoms with E-state index in [0.29, 0.717) is 32.7 Å². The van der Waals surface area contributed by atoms with Crippen LogP contribution in [-0.2, 0) is 23.6 Å². The van der Waals surface area contributed by atoms with E-state index < -0.39 is 24.4 Å². The Kier molecular flexibility index (Phi) is 8.56. The lowest BCUT2D eigenvalue weighted by atomic mass is 9.76. The zero-order valence-corrected chi connectivity index (χ0v) is 17.8. The Bertz CT molecular complexity index is 513. The highest BCUT2D eigenvalue weighted by molar-refractivity contribution is 6.48. The Morgan fingerprint density at radius 2 is 1.67 bits per heavy atom. The standard InChI is InChI=1S/C17H32BN3O5.ClH/c1-6-13(18-25-16(2,3)17(4,5)26-18)20-15(23)12(19)11-14(22)21-7-9-24-10-8-21;/h12-13H,6-11,19H2,1-5H3,(H,20,23);1H. The largest absolute Gasteiger partial charge is 0.481 e. The van der Waals surface area contributed by atoms with Crippen molar-refractivity contribution >= 4 is 31.3 Å². The molecule has 2 atom stereocenters. The van der Waals surface area contributed by atoms with Crippen molar-refractivity contribution in [2.75, 3.05) is 26.3 Å². The molecule has 0 aliphatic carbocycles. The molecule has 156 valence electrons. The number of nitrogens with two attached hydrogens (primary N) is 1. The SMILES string of the molecule is CCC(NC(=O)C(N)CC(=O)N1CCOCC1)B1OC(C)(C)C(C)(C)O1.Cl. The highest BCUT2D eigenvalue weighted by Gasteiger charge is 2.53. The van der Waals surface area contributed by atoms with Gasteiger partial charge in [0.25, 0.3) is 0 Å². The van der Waals surface area contributed by atoms with Crippen LogP contribution in [0, 0.1) is 0 Å². The first kappa shape index (κ1) is 24.2. The summed E-state index contributed by atoms with van der Waals surface area (Å²) in [6, 6.07) is -0.901. The molecule has 0 radical (unpaired) electrons. The molecule has 10 heteroatoms. The molecule has 2 aliphatic heterocycles. The van der Waals surface area contributed by atoms with Gasteiger partial charge in [-0.25, -0.2) is 0 Å². The minimum absolute atomic E-state index is 0. The number of carbonyl (C=O) groups is 2. The van der Waals surface area contributed by atoms with Gasteiger partial charge in [-0.2, -0.15) is 0 Å². The van der Waals surface area contributed by atoms with E-state index in [4.69, 9.17) is 19.8 Å². The minimum atomic E-state index is -0.901. The molecule has 0 spiro atoms. The van der Waals surface area contributed by atoms with Crippen molar-refractivity contribution in [3.05, 3.63) is 0 Å². The van der Waals surface area contributed by atoms with Crippen molar-refractivity contribution in [1.82, 2.24) is 10.2 Å². The van der Waals surface area contributed by atoms with Crippen LogP contribution in [-0.4, -0.2) is 73.3 Å². The summed E-state index contributed by atoms with van der Waals surface area (Å²) in [7, 11) is -0.545. The number of rotatable bonds is 6. The molecule has 2 unspecified atom stereocenters. The predicted molar refractivity (Wildman–Crippen MR) is 106 cm³/mol. The van der Waals surface area contributed by atoms with Crippen LogP contribution in [0.15, 0.2) is 0 Å². The van der Waals surface area contributed by atoms with E-state index in [2.05, 4.69) is 5.32 Å².